The Labute approximate surface area is 154 Å². The summed E-state index contributed by atoms with van der Waals surface area (Å²) in [6.07, 6.45) is -3.19. The lowest BCUT2D eigenvalue weighted by Crippen LogP contribution is -2.43. The van der Waals surface area contributed by atoms with Crippen molar-refractivity contribution < 1.29 is 26.5 Å². The molecule has 0 amide bonds. The monoisotopic (exact) mass is 410 g/mol. The van der Waals surface area contributed by atoms with Crippen molar-refractivity contribution in [2.45, 2.75) is 36.9 Å². The third kappa shape index (κ3) is 6.04. The van der Waals surface area contributed by atoms with Crippen molar-refractivity contribution in [2.24, 2.45) is 11.1 Å². The van der Waals surface area contributed by atoms with Crippen molar-refractivity contribution in [3.63, 3.8) is 0 Å². The molecule has 1 aromatic carbocycles. The van der Waals surface area contributed by atoms with Crippen LogP contribution in [0.15, 0.2) is 23.1 Å². The van der Waals surface area contributed by atoms with Gasteiger partial charge in [-0.15, -0.1) is 0 Å². The third-order valence-corrected chi connectivity index (χ3v) is 5.53. The average Bonchev–Trinajstić information content (AvgIpc) is 2.53. The predicted octanol–water partition coefficient (Wildman–Crippen LogP) is 2.32. The van der Waals surface area contributed by atoms with E-state index in [9.17, 15) is 31.7 Å². The topological polar surface area (TPSA) is 119 Å². The Hall–Kier alpha value is -1.92. The fraction of sp³-hybridized carbons (Fsp3) is 0.600. The molecule has 1 heterocycles. The van der Waals surface area contributed by atoms with Gasteiger partial charge < -0.3 is 5.32 Å². The number of anilines is 1. The second-order valence-electron chi connectivity index (χ2n) is 6.64. The summed E-state index contributed by atoms with van der Waals surface area (Å²) in [7, 11) is -4.08. The molecule has 1 saturated heterocycles. The molecule has 0 spiro atoms. The van der Waals surface area contributed by atoms with Crippen LogP contribution in [0, 0.1) is 16.0 Å². The Bertz CT molecular complexity index is 793. The highest BCUT2D eigenvalue weighted by Crippen LogP contribution is 2.31. The van der Waals surface area contributed by atoms with Crippen LogP contribution in [0.5, 0.6) is 0 Å². The largest absolute Gasteiger partial charge is 0.401 e. The smallest absolute Gasteiger partial charge is 0.377 e. The lowest BCUT2D eigenvalue weighted by Gasteiger charge is -2.35. The number of nitro benzene ring substituents is 1. The molecule has 0 saturated carbocycles. The number of sulfonamides is 1. The van der Waals surface area contributed by atoms with Crippen LogP contribution in [0.2, 0.25) is 0 Å². The molecule has 0 aromatic heterocycles. The van der Waals surface area contributed by atoms with Gasteiger partial charge in [-0.25, -0.2) is 13.6 Å². The minimum absolute atomic E-state index is 0.0343. The van der Waals surface area contributed by atoms with Crippen LogP contribution < -0.4 is 10.5 Å². The van der Waals surface area contributed by atoms with Crippen LogP contribution in [-0.2, 0) is 10.0 Å². The number of halogens is 3. The Kier molecular flexibility index (Phi) is 6.32. The van der Waals surface area contributed by atoms with E-state index in [0.29, 0.717) is 25.9 Å². The number of nitrogens with zero attached hydrogens (tertiary/aromatic N) is 2. The predicted molar refractivity (Wildman–Crippen MR) is 92.8 cm³/mol. The fourth-order valence-electron chi connectivity index (χ4n) is 3.19. The number of hydrogen-bond acceptors (Lipinski definition) is 6. The van der Waals surface area contributed by atoms with Crippen LogP contribution in [0.25, 0.3) is 0 Å². The van der Waals surface area contributed by atoms with Gasteiger partial charge in [0.15, 0.2) is 0 Å². The molecule has 1 fully saturated rings. The maximum Gasteiger partial charge on any atom is 0.401 e. The molecule has 2 rings (SSSR count). The minimum Gasteiger partial charge on any atom is -0.377 e. The molecule has 1 unspecified atom stereocenters. The number of nitro groups is 1. The molecule has 1 atom stereocenters. The second-order valence-corrected chi connectivity index (χ2v) is 8.20. The maximum absolute atomic E-state index is 12.5. The number of nitrogens with one attached hydrogen (secondary N) is 1. The van der Waals surface area contributed by atoms with E-state index < -0.39 is 33.4 Å². The van der Waals surface area contributed by atoms with Gasteiger partial charge in [0.25, 0.3) is 5.69 Å². The van der Waals surface area contributed by atoms with Crippen LogP contribution in [-0.4, -0.2) is 50.1 Å². The molecule has 1 aromatic rings. The Morgan fingerprint density at radius 1 is 1.37 bits per heavy atom. The number of hydrogen-bond donors (Lipinski definition) is 2. The van der Waals surface area contributed by atoms with E-state index in [0.717, 1.165) is 6.07 Å². The first-order valence-electron chi connectivity index (χ1n) is 8.23. The zero-order valence-corrected chi connectivity index (χ0v) is 15.4. The number of alkyl halides is 3. The summed E-state index contributed by atoms with van der Waals surface area (Å²) in [5.74, 6) is 0.0343. The van der Waals surface area contributed by atoms with Crippen molar-refractivity contribution in [3.05, 3.63) is 28.3 Å². The van der Waals surface area contributed by atoms with E-state index in [1.807, 2.05) is 0 Å². The van der Waals surface area contributed by atoms with Gasteiger partial charge in [-0.2, -0.15) is 13.2 Å². The number of likely N-dealkylation sites (tertiary alicyclic amines) is 1. The molecule has 0 aliphatic carbocycles. The van der Waals surface area contributed by atoms with Crippen LogP contribution >= 0.6 is 0 Å². The van der Waals surface area contributed by atoms with E-state index in [1.165, 1.54) is 17.0 Å². The molecule has 0 radical (unpaired) electrons. The Morgan fingerprint density at radius 3 is 2.44 bits per heavy atom. The molecular weight excluding hydrogens is 389 g/mol. The average molecular weight is 410 g/mol. The molecule has 12 heteroatoms. The number of piperidine rings is 1. The number of rotatable bonds is 6. The van der Waals surface area contributed by atoms with Crippen molar-refractivity contribution in [3.8, 4) is 0 Å². The van der Waals surface area contributed by atoms with Crippen LogP contribution in [0.3, 0.4) is 0 Å². The quantitative estimate of drug-likeness (QED) is 0.549. The highest BCUT2D eigenvalue weighted by molar-refractivity contribution is 7.89. The minimum atomic E-state index is -4.23. The van der Waals surface area contributed by atoms with Crippen molar-refractivity contribution in [2.75, 3.05) is 25.0 Å². The van der Waals surface area contributed by atoms with E-state index in [1.54, 1.807) is 6.92 Å². The van der Waals surface area contributed by atoms with Crippen molar-refractivity contribution >= 4 is 21.4 Å². The van der Waals surface area contributed by atoms with Crippen LogP contribution in [0.1, 0.15) is 19.8 Å². The van der Waals surface area contributed by atoms with Crippen molar-refractivity contribution in [1.82, 2.24) is 4.90 Å². The third-order valence-electron chi connectivity index (χ3n) is 4.62. The molecule has 1 aliphatic heterocycles. The van der Waals surface area contributed by atoms with Gasteiger partial charge in [0.2, 0.25) is 10.0 Å². The highest BCUT2D eigenvalue weighted by atomic mass is 32.2. The van der Waals surface area contributed by atoms with Gasteiger partial charge >= 0.3 is 6.18 Å². The van der Waals surface area contributed by atoms with Crippen molar-refractivity contribution in [1.29, 1.82) is 0 Å². The first-order chi connectivity index (χ1) is 12.4. The zero-order valence-electron chi connectivity index (χ0n) is 14.6. The lowest BCUT2D eigenvalue weighted by molar-refractivity contribution is -0.384. The van der Waals surface area contributed by atoms with E-state index in [2.05, 4.69) is 5.32 Å². The van der Waals surface area contributed by atoms with Gasteiger partial charge in [0, 0.05) is 12.1 Å². The molecule has 3 N–H and O–H groups in total. The summed E-state index contributed by atoms with van der Waals surface area (Å²) in [4.78, 5) is 11.5. The SMILES string of the molecule is CC(Nc1ccc(S(N)(=O)=O)cc1[N+](=O)[O-])C1CCN(CC(F)(F)F)CC1. The number of primary sulfonamides is 1. The molecule has 27 heavy (non-hydrogen) atoms. The summed E-state index contributed by atoms with van der Waals surface area (Å²) < 4.78 is 60.1. The first kappa shape index (κ1) is 21.4. The summed E-state index contributed by atoms with van der Waals surface area (Å²) in [6, 6.07) is 3.09. The number of nitrogens with two attached hydrogens (primary N) is 1. The van der Waals surface area contributed by atoms with E-state index >= 15 is 0 Å². The van der Waals surface area contributed by atoms with E-state index in [4.69, 9.17) is 5.14 Å². The molecule has 1 aliphatic rings. The highest BCUT2D eigenvalue weighted by Gasteiger charge is 2.33. The van der Waals surface area contributed by atoms with Gasteiger partial charge in [0.1, 0.15) is 5.69 Å². The van der Waals surface area contributed by atoms with Gasteiger partial charge in [-0.05, 0) is 50.9 Å². The van der Waals surface area contributed by atoms with Gasteiger partial charge in [-0.3, -0.25) is 15.0 Å². The summed E-state index contributed by atoms with van der Waals surface area (Å²) >= 11 is 0. The lowest BCUT2D eigenvalue weighted by atomic mass is 9.90. The van der Waals surface area contributed by atoms with Crippen LogP contribution in [0.4, 0.5) is 24.5 Å². The Morgan fingerprint density at radius 2 is 1.96 bits per heavy atom. The standard InChI is InChI=1S/C15H21F3N4O4S/c1-10(11-4-6-21(7-5-11)9-15(16,17)18)20-13-3-2-12(27(19,25)26)8-14(13)22(23)24/h2-3,8,10-11,20H,4-7,9H2,1H3,(H2,19,25,26). The first-order valence-corrected chi connectivity index (χ1v) is 9.78. The van der Waals surface area contributed by atoms with E-state index in [-0.39, 0.29) is 22.5 Å². The number of benzene rings is 1. The second kappa shape index (κ2) is 7.98. The molecule has 8 nitrogen and oxygen atoms in total. The summed E-state index contributed by atoms with van der Waals surface area (Å²) in [5, 5.41) is 19.2. The Balaban J connectivity index is 2.06. The molecule has 0 bridgehead atoms. The zero-order chi connectivity index (χ0) is 20.4. The fourth-order valence-corrected chi connectivity index (χ4v) is 3.72. The maximum atomic E-state index is 12.5. The molecule has 152 valence electrons. The van der Waals surface area contributed by atoms with Gasteiger partial charge in [-0.1, -0.05) is 0 Å². The summed E-state index contributed by atoms with van der Waals surface area (Å²) in [6.45, 7) is 1.44. The normalized spacial score (nSPS) is 18.3. The molecular formula is C15H21F3N4O4S. The summed E-state index contributed by atoms with van der Waals surface area (Å²) in [5.41, 5.74) is -0.291. The van der Waals surface area contributed by atoms with Gasteiger partial charge in [0.05, 0.1) is 16.4 Å².